The van der Waals surface area contributed by atoms with Gasteiger partial charge >= 0.3 is 0 Å². The molecule has 1 heterocycles. The van der Waals surface area contributed by atoms with Crippen LogP contribution in [-0.4, -0.2) is 15.8 Å². The van der Waals surface area contributed by atoms with Gasteiger partial charge in [-0.15, -0.1) is 0 Å². The summed E-state index contributed by atoms with van der Waals surface area (Å²) in [7, 11) is 0. The number of benzene rings is 1. The molecule has 0 fully saturated rings. The number of nitrogens with two attached hydrogens (primary N) is 1. The molecule has 0 atom stereocenters. The molecule has 2 rings (SSSR count). The monoisotopic (exact) mass is 278 g/mol. The number of halogens is 1. The highest BCUT2D eigenvalue weighted by Gasteiger charge is 2.10. The molecular weight excluding hydrogens is 267 g/mol. The molecule has 2 aromatic rings. The second kappa shape index (κ2) is 5.66. The molecule has 5 nitrogen and oxygen atoms in total. The van der Waals surface area contributed by atoms with Crippen molar-refractivity contribution in [2.45, 2.75) is 10.9 Å². The van der Waals surface area contributed by atoms with E-state index in [1.807, 2.05) is 0 Å². The van der Waals surface area contributed by atoms with Crippen molar-refractivity contribution in [1.82, 2.24) is 9.97 Å². The summed E-state index contributed by atoms with van der Waals surface area (Å²) in [6.07, 6.45) is 1.39. The van der Waals surface area contributed by atoms with Gasteiger partial charge in [-0.2, -0.15) is 0 Å². The lowest BCUT2D eigenvalue weighted by molar-refractivity contribution is 0.614. The molecular formula is C12H11FN4OS. The summed E-state index contributed by atoms with van der Waals surface area (Å²) in [6, 6.07) is 6.00. The number of hydrogen-bond acceptors (Lipinski definition) is 4. The summed E-state index contributed by atoms with van der Waals surface area (Å²) >= 11 is 1.20. The van der Waals surface area contributed by atoms with E-state index in [0.717, 1.165) is 0 Å². The molecule has 0 bridgehead atoms. The van der Waals surface area contributed by atoms with Crippen LogP contribution in [0.2, 0.25) is 0 Å². The Morgan fingerprint density at radius 3 is 2.95 bits per heavy atom. The van der Waals surface area contributed by atoms with Gasteiger partial charge in [0.05, 0.1) is 5.56 Å². The van der Waals surface area contributed by atoms with Crippen molar-refractivity contribution < 1.29 is 4.39 Å². The predicted octanol–water partition coefficient (Wildman–Crippen LogP) is 1.49. The van der Waals surface area contributed by atoms with Crippen LogP contribution < -0.4 is 11.3 Å². The standard InChI is InChI=1S/C12H11FN4OS/c13-10-7(2-1-3-8(10)11(14)15)6-19-12-16-5-4-9(18)17-12/h1-5H,6H2,(H3,14,15)(H,16,17,18). The molecule has 0 aliphatic rings. The van der Waals surface area contributed by atoms with Crippen LogP contribution in [-0.2, 0) is 5.75 Å². The molecule has 0 saturated carbocycles. The molecule has 98 valence electrons. The van der Waals surface area contributed by atoms with Crippen molar-refractivity contribution in [2.24, 2.45) is 5.73 Å². The predicted molar refractivity (Wildman–Crippen MR) is 71.8 cm³/mol. The van der Waals surface area contributed by atoms with Crippen LogP contribution >= 0.6 is 11.8 Å². The Morgan fingerprint density at radius 1 is 1.47 bits per heavy atom. The average Bonchev–Trinajstić information content (AvgIpc) is 2.37. The highest BCUT2D eigenvalue weighted by molar-refractivity contribution is 7.98. The zero-order valence-electron chi connectivity index (χ0n) is 9.81. The molecule has 19 heavy (non-hydrogen) atoms. The molecule has 0 aliphatic carbocycles. The molecule has 7 heteroatoms. The second-order valence-electron chi connectivity index (χ2n) is 3.72. The van der Waals surface area contributed by atoms with Gasteiger partial charge in [-0.1, -0.05) is 23.9 Å². The zero-order chi connectivity index (χ0) is 13.8. The molecule has 0 aliphatic heterocycles. The second-order valence-corrected chi connectivity index (χ2v) is 4.68. The number of thioether (sulfide) groups is 1. The van der Waals surface area contributed by atoms with E-state index in [2.05, 4.69) is 9.97 Å². The van der Waals surface area contributed by atoms with E-state index in [0.29, 0.717) is 16.5 Å². The van der Waals surface area contributed by atoms with Gasteiger partial charge in [-0.3, -0.25) is 10.2 Å². The molecule has 0 saturated heterocycles. The van der Waals surface area contributed by atoms with Crippen molar-refractivity contribution in [3.8, 4) is 0 Å². The summed E-state index contributed by atoms with van der Waals surface area (Å²) < 4.78 is 14.0. The third-order valence-electron chi connectivity index (χ3n) is 2.38. The topological polar surface area (TPSA) is 95.6 Å². The number of aromatic amines is 1. The number of amidine groups is 1. The summed E-state index contributed by atoms with van der Waals surface area (Å²) in [6.45, 7) is 0. The van der Waals surface area contributed by atoms with Crippen LogP contribution in [0.15, 0.2) is 40.4 Å². The highest BCUT2D eigenvalue weighted by atomic mass is 32.2. The van der Waals surface area contributed by atoms with Crippen LogP contribution in [0.3, 0.4) is 0 Å². The smallest absolute Gasteiger partial charge is 0.251 e. The molecule has 1 aromatic heterocycles. The minimum atomic E-state index is -0.513. The van der Waals surface area contributed by atoms with Crippen molar-refractivity contribution in [3.05, 3.63) is 57.8 Å². The van der Waals surface area contributed by atoms with Crippen LogP contribution in [0.5, 0.6) is 0 Å². The number of nitrogens with one attached hydrogen (secondary N) is 2. The van der Waals surface area contributed by atoms with E-state index in [1.165, 1.54) is 30.1 Å². The first-order valence-corrected chi connectivity index (χ1v) is 6.36. The summed E-state index contributed by atoms with van der Waals surface area (Å²) in [4.78, 5) is 17.6. The maximum atomic E-state index is 14.0. The number of rotatable bonds is 4. The number of H-pyrrole nitrogens is 1. The number of nitrogens with zero attached hydrogens (tertiary/aromatic N) is 1. The van der Waals surface area contributed by atoms with Crippen LogP contribution in [0.25, 0.3) is 0 Å². The Balaban J connectivity index is 2.18. The lowest BCUT2D eigenvalue weighted by atomic mass is 10.1. The Kier molecular flexibility index (Phi) is 3.96. The molecule has 0 amide bonds. The summed E-state index contributed by atoms with van der Waals surface area (Å²) in [5.41, 5.74) is 5.52. The van der Waals surface area contributed by atoms with Gasteiger partial charge in [0.2, 0.25) is 0 Å². The van der Waals surface area contributed by atoms with Gasteiger partial charge < -0.3 is 10.7 Å². The van der Waals surface area contributed by atoms with Gasteiger partial charge in [0.25, 0.3) is 5.56 Å². The molecule has 1 aromatic carbocycles. The van der Waals surface area contributed by atoms with Crippen molar-refractivity contribution in [3.63, 3.8) is 0 Å². The maximum absolute atomic E-state index is 14.0. The molecule has 0 radical (unpaired) electrons. The third kappa shape index (κ3) is 3.19. The molecule has 0 unspecified atom stereocenters. The number of aromatic nitrogens is 2. The fourth-order valence-electron chi connectivity index (χ4n) is 1.47. The number of nitrogen functional groups attached to an aromatic ring is 1. The first-order valence-electron chi connectivity index (χ1n) is 5.38. The van der Waals surface area contributed by atoms with E-state index in [4.69, 9.17) is 11.1 Å². The van der Waals surface area contributed by atoms with E-state index >= 15 is 0 Å². The van der Waals surface area contributed by atoms with E-state index in [1.54, 1.807) is 12.1 Å². The first kappa shape index (κ1) is 13.3. The van der Waals surface area contributed by atoms with Gasteiger partial charge in [-0.25, -0.2) is 9.37 Å². The Hall–Kier alpha value is -2.15. The van der Waals surface area contributed by atoms with Crippen LogP contribution in [0, 0.1) is 11.2 Å². The largest absolute Gasteiger partial charge is 0.384 e. The normalized spacial score (nSPS) is 10.4. The van der Waals surface area contributed by atoms with Crippen molar-refractivity contribution >= 4 is 17.6 Å². The first-order chi connectivity index (χ1) is 9.08. The Labute approximate surface area is 112 Å². The average molecular weight is 278 g/mol. The maximum Gasteiger partial charge on any atom is 0.251 e. The minimum Gasteiger partial charge on any atom is -0.384 e. The van der Waals surface area contributed by atoms with Crippen molar-refractivity contribution in [2.75, 3.05) is 0 Å². The van der Waals surface area contributed by atoms with E-state index < -0.39 is 5.82 Å². The molecule has 4 N–H and O–H groups in total. The fourth-order valence-corrected chi connectivity index (χ4v) is 2.29. The van der Waals surface area contributed by atoms with Gasteiger partial charge in [-0.05, 0) is 11.6 Å². The quantitative estimate of drug-likeness (QED) is 0.342. The Morgan fingerprint density at radius 2 is 2.26 bits per heavy atom. The van der Waals surface area contributed by atoms with Gasteiger partial charge in [0, 0.05) is 18.0 Å². The van der Waals surface area contributed by atoms with E-state index in [-0.39, 0.29) is 17.0 Å². The fraction of sp³-hybridized carbons (Fsp3) is 0.0833. The molecule has 0 spiro atoms. The lowest BCUT2D eigenvalue weighted by Gasteiger charge is -2.06. The van der Waals surface area contributed by atoms with Gasteiger partial charge in [0.1, 0.15) is 11.7 Å². The zero-order valence-corrected chi connectivity index (χ0v) is 10.6. The van der Waals surface area contributed by atoms with E-state index in [9.17, 15) is 9.18 Å². The SMILES string of the molecule is N=C(N)c1cccc(CSc2nccc(=O)[nH]2)c1F. The third-order valence-corrected chi connectivity index (χ3v) is 3.32. The highest BCUT2D eigenvalue weighted by Crippen LogP contribution is 2.21. The van der Waals surface area contributed by atoms with Gasteiger partial charge in [0.15, 0.2) is 5.16 Å². The number of hydrogen-bond donors (Lipinski definition) is 3. The summed E-state index contributed by atoms with van der Waals surface area (Å²) in [5, 5.41) is 7.69. The summed E-state index contributed by atoms with van der Waals surface area (Å²) in [5.74, 6) is -0.531. The van der Waals surface area contributed by atoms with Crippen molar-refractivity contribution in [1.29, 1.82) is 5.41 Å². The Bertz CT molecular complexity index is 671. The van der Waals surface area contributed by atoms with Crippen LogP contribution in [0.1, 0.15) is 11.1 Å². The van der Waals surface area contributed by atoms with Crippen LogP contribution in [0.4, 0.5) is 4.39 Å². The lowest BCUT2D eigenvalue weighted by Crippen LogP contribution is -2.14. The minimum absolute atomic E-state index is 0.0765.